The number of rotatable bonds is 7. The third kappa shape index (κ3) is 4.52. The van der Waals surface area contributed by atoms with Crippen molar-refractivity contribution < 1.29 is 18.3 Å². The molecule has 1 aliphatic heterocycles. The van der Waals surface area contributed by atoms with Crippen LogP contribution in [0.5, 0.6) is 0 Å². The molecule has 35 heavy (non-hydrogen) atoms. The number of hydrogen-bond acceptors (Lipinski definition) is 2. The summed E-state index contributed by atoms with van der Waals surface area (Å²) in [5.41, 5.74) is 1.39. The smallest absolute Gasteiger partial charge is 0.143 e. The first-order valence-electron chi connectivity index (χ1n) is 11.8. The number of benzene rings is 4. The van der Waals surface area contributed by atoms with Gasteiger partial charge in [-0.15, -0.1) is 0 Å². The molecule has 0 aromatic heterocycles. The minimum atomic E-state index is -1.08. The average Bonchev–Trinajstić information content (AvgIpc) is 3.28. The summed E-state index contributed by atoms with van der Waals surface area (Å²) in [7, 11) is 0. The molecule has 4 aromatic carbocycles. The quantitative estimate of drug-likeness (QED) is 0.270. The highest BCUT2D eigenvalue weighted by Gasteiger charge is 2.43. The second-order valence-corrected chi connectivity index (χ2v) is 9.09. The largest absolute Gasteiger partial charge is 0.370 e. The van der Waals surface area contributed by atoms with Crippen LogP contribution in [-0.2, 0) is 20.7 Å². The van der Waals surface area contributed by atoms with E-state index in [0.29, 0.717) is 19.6 Å². The molecule has 177 valence electrons. The third-order valence-electron chi connectivity index (χ3n) is 6.71. The van der Waals surface area contributed by atoms with Crippen LogP contribution in [0.25, 0.3) is 0 Å². The third-order valence-corrected chi connectivity index (χ3v) is 6.71. The normalized spacial score (nSPS) is 20.1. The predicted molar refractivity (Wildman–Crippen MR) is 133 cm³/mol. The highest BCUT2D eigenvalue weighted by Crippen LogP contribution is 2.44. The van der Waals surface area contributed by atoms with Crippen molar-refractivity contribution in [3.05, 3.63) is 150 Å². The Morgan fingerprint density at radius 3 is 1.80 bits per heavy atom. The van der Waals surface area contributed by atoms with Crippen molar-refractivity contribution in [1.82, 2.24) is 0 Å². The second-order valence-electron chi connectivity index (χ2n) is 9.09. The topological polar surface area (TPSA) is 18.5 Å². The van der Waals surface area contributed by atoms with Gasteiger partial charge in [0, 0.05) is 17.5 Å². The van der Waals surface area contributed by atoms with E-state index < -0.39 is 22.8 Å². The molecule has 0 amide bonds. The van der Waals surface area contributed by atoms with Gasteiger partial charge in [0.2, 0.25) is 0 Å². The monoisotopic (exact) mass is 469 g/mol. The van der Waals surface area contributed by atoms with Gasteiger partial charge in [0.05, 0.1) is 18.8 Å². The summed E-state index contributed by atoms with van der Waals surface area (Å²) in [4.78, 5) is 0. The molecular formula is C31H27F2O2. The first kappa shape index (κ1) is 23.4. The van der Waals surface area contributed by atoms with Gasteiger partial charge in [-0.3, -0.25) is 0 Å². The molecule has 2 nitrogen and oxygen atoms in total. The molecule has 4 heteroatoms. The molecule has 0 bridgehead atoms. The van der Waals surface area contributed by atoms with Crippen LogP contribution in [0.3, 0.4) is 0 Å². The molecular weight excluding hydrogens is 442 g/mol. The van der Waals surface area contributed by atoms with Crippen molar-refractivity contribution in [2.45, 2.75) is 17.6 Å². The number of ether oxygens (including phenoxy) is 2. The van der Waals surface area contributed by atoms with E-state index in [1.807, 2.05) is 54.6 Å². The molecule has 1 saturated heterocycles. The van der Waals surface area contributed by atoms with E-state index >= 15 is 0 Å². The second kappa shape index (κ2) is 9.73. The highest BCUT2D eigenvalue weighted by molar-refractivity contribution is 5.47. The Morgan fingerprint density at radius 1 is 0.800 bits per heavy atom. The summed E-state index contributed by atoms with van der Waals surface area (Å²) in [5.74, 6) is -1.28. The van der Waals surface area contributed by atoms with Crippen LogP contribution in [0.15, 0.2) is 109 Å². The Kier molecular flexibility index (Phi) is 6.50. The number of hydrogen-bond donors (Lipinski definition) is 0. The van der Waals surface area contributed by atoms with Crippen molar-refractivity contribution in [2.75, 3.05) is 13.2 Å². The molecule has 0 unspecified atom stereocenters. The van der Waals surface area contributed by atoms with Gasteiger partial charge in [-0.2, -0.15) is 0 Å². The minimum absolute atomic E-state index is 0.0209. The van der Waals surface area contributed by atoms with Crippen LogP contribution in [0, 0.1) is 24.5 Å². The van der Waals surface area contributed by atoms with Crippen molar-refractivity contribution in [3.8, 4) is 0 Å². The summed E-state index contributed by atoms with van der Waals surface area (Å²) in [6, 6.07) is 34.0. The predicted octanol–water partition coefficient (Wildman–Crippen LogP) is 7.04. The fourth-order valence-corrected chi connectivity index (χ4v) is 5.03. The molecule has 0 spiro atoms. The summed E-state index contributed by atoms with van der Waals surface area (Å²) < 4.78 is 40.9. The van der Waals surface area contributed by atoms with Gasteiger partial charge >= 0.3 is 0 Å². The molecule has 1 heterocycles. The molecule has 0 aliphatic carbocycles. The van der Waals surface area contributed by atoms with Crippen LogP contribution >= 0.6 is 0 Å². The Labute approximate surface area is 205 Å². The van der Waals surface area contributed by atoms with Crippen molar-refractivity contribution in [2.24, 2.45) is 5.92 Å². The summed E-state index contributed by atoms with van der Waals surface area (Å²) >= 11 is 0. The molecule has 0 N–H and O–H groups in total. The van der Waals surface area contributed by atoms with Gasteiger partial charge in [0.1, 0.15) is 17.2 Å². The van der Waals surface area contributed by atoms with E-state index in [2.05, 4.69) is 43.3 Å². The molecule has 0 saturated carbocycles. The van der Waals surface area contributed by atoms with Crippen molar-refractivity contribution in [3.63, 3.8) is 0 Å². The van der Waals surface area contributed by atoms with Crippen molar-refractivity contribution >= 4 is 0 Å². The SMILES string of the molecule is [CH2][C@]1(c2ccc(F)cc2F)C[C@@H](COC(c2ccccc2)(c2ccccc2)c2ccccc2)CO1. The van der Waals surface area contributed by atoms with Gasteiger partial charge in [0.15, 0.2) is 0 Å². The van der Waals surface area contributed by atoms with Gasteiger partial charge in [-0.25, -0.2) is 8.78 Å². The van der Waals surface area contributed by atoms with Crippen LogP contribution in [0.1, 0.15) is 28.7 Å². The maximum Gasteiger partial charge on any atom is 0.143 e. The summed E-state index contributed by atoms with van der Waals surface area (Å²) in [6.45, 7) is 4.90. The van der Waals surface area contributed by atoms with E-state index in [9.17, 15) is 8.78 Å². The minimum Gasteiger partial charge on any atom is -0.370 e. The number of halogens is 2. The molecule has 1 radical (unpaired) electrons. The molecule has 1 aliphatic rings. The zero-order valence-corrected chi connectivity index (χ0v) is 19.4. The van der Waals surface area contributed by atoms with Crippen LogP contribution in [-0.4, -0.2) is 13.2 Å². The Hall–Kier alpha value is -3.34. The molecule has 1 fully saturated rings. The van der Waals surface area contributed by atoms with E-state index in [1.54, 1.807) is 0 Å². The Balaban J connectivity index is 1.49. The van der Waals surface area contributed by atoms with E-state index in [0.717, 1.165) is 22.8 Å². The Bertz CT molecular complexity index is 1160. The fraction of sp³-hybridized carbons (Fsp3) is 0.194. The van der Waals surface area contributed by atoms with E-state index in [4.69, 9.17) is 9.47 Å². The maximum absolute atomic E-state index is 14.5. The zero-order chi connectivity index (χ0) is 24.3. The molecule has 4 aromatic rings. The van der Waals surface area contributed by atoms with Gasteiger partial charge in [-0.05, 0) is 36.1 Å². The maximum atomic E-state index is 14.5. The average molecular weight is 470 g/mol. The van der Waals surface area contributed by atoms with Crippen LogP contribution < -0.4 is 0 Å². The molecule has 5 rings (SSSR count). The lowest BCUT2D eigenvalue weighted by molar-refractivity contribution is -0.0116. The lowest BCUT2D eigenvalue weighted by atomic mass is 9.80. The Morgan fingerprint density at radius 2 is 1.31 bits per heavy atom. The van der Waals surface area contributed by atoms with E-state index in [-0.39, 0.29) is 11.5 Å². The highest BCUT2D eigenvalue weighted by atomic mass is 19.1. The van der Waals surface area contributed by atoms with Crippen molar-refractivity contribution in [1.29, 1.82) is 0 Å². The first-order chi connectivity index (χ1) is 17.0. The summed E-state index contributed by atoms with van der Waals surface area (Å²) in [6.07, 6.45) is 0.462. The molecule has 2 atom stereocenters. The lowest BCUT2D eigenvalue weighted by Crippen LogP contribution is -2.35. The fourth-order valence-electron chi connectivity index (χ4n) is 5.03. The lowest BCUT2D eigenvalue weighted by Gasteiger charge is -2.36. The van der Waals surface area contributed by atoms with Gasteiger partial charge < -0.3 is 9.47 Å². The van der Waals surface area contributed by atoms with Crippen LogP contribution in [0.2, 0.25) is 0 Å². The zero-order valence-electron chi connectivity index (χ0n) is 19.4. The van der Waals surface area contributed by atoms with Crippen LogP contribution in [0.4, 0.5) is 8.78 Å². The first-order valence-corrected chi connectivity index (χ1v) is 11.8. The van der Waals surface area contributed by atoms with E-state index in [1.165, 1.54) is 12.1 Å². The van der Waals surface area contributed by atoms with Gasteiger partial charge in [-0.1, -0.05) is 97.1 Å². The summed E-state index contributed by atoms with van der Waals surface area (Å²) in [5, 5.41) is 0. The standard InChI is InChI=1S/C31H27F2O2/c1-30(28-18-17-27(32)19-29(28)33)20-23(21-34-30)22-35-31(24-11-5-2-6-12-24,25-13-7-3-8-14-25)26-15-9-4-10-16-26/h2-19,23H,1,20-22H2/t23-,30-/m1/s1. The van der Waals surface area contributed by atoms with Gasteiger partial charge in [0.25, 0.3) is 0 Å².